The van der Waals surface area contributed by atoms with Crippen LogP contribution in [0, 0.1) is 0 Å². The van der Waals surface area contributed by atoms with Crippen molar-refractivity contribution in [2.24, 2.45) is 5.73 Å². The van der Waals surface area contributed by atoms with Crippen LogP contribution in [-0.4, -0.2) is 30.9 Å². The van der Waals surface area contributed by atoms with Crippen LogP contribution in [0.2, 0.25) is 0 Å². The Labute approximate surface area is 108 Å². The summed E-state index contributed by atoms with van der Waals surface area (Å²) < 4.78 is 0. The Morgan fingerprint density at radius 2 is 1.76 bits per heavy atom. The van der Waals surface area contributed by atoms with Gasteiger partial charge in [0, 0.05) is 19.0 Å². The number of carbonyl (C=O) groups excluding carboxylic acids is 2. The van der Waals surface area contributed by atoms with Gasteiger partial charge in [-0.25, -0.2) is 0 Å². The molecular weight excluding hydrogens is 242 g/mol. The van der Waals surface area contributed by atoms with Crippen LogP contribution in [0.1, 0.15) is 38.5 Å². The number of rotatable bonds is 5. The Kier molecular flexibility index (Phi) is 8.80. The monoisotopic (exact) mass is 263 g/mol. The molecule has 6 heteroatoms. The highest BCUT2D eigenvalue weighted by atomic mass is 35.5. The fraction of sp³-hybridized carbons (Fsp3) is 0.818. The molecular formula is C11H22ClN3O2. The summed E-state index contributed by atoms with van der Waals surface area (Å²) in [6.45, 7) is 0.380. The van der Waals surface area contributed by atoms with Crippen molar-refractivity contribution in [1.82, 2.24) is 10.6 Å². The Morgan fingerprint density at radius 1 is 1.12 bits per heavy atom. The fourth-order valence-electron chi connectivity index (χ4n) is 1.92. The zero-order valence-corrected chi connectivity index (χ0v) is 10.9. The predicted octanol–water partition coefficient (Wildman–Crippen LogP) is 0.322. The SMILES string of the molecule is Cl.NCCC(=O)NCC(=O)NC1CCCCC1. The molecule has 0 radical (unpaired) electrons. The summed E-state index contributed by atoms with van der Waals surface area (Å²) in [7, 11) is 0. The summed E-state index contributed by atoms with van der Waals surface area (Å²) >= 11 is 0. The molecule has 100 valence electrons. The molecule has 0 unspecified atom stereocenters. The normalized spacial score (nSPS) is 15.8. The number of carbonyl (C=O) groups is 2. The molecule has 5 nitrogen and oxygen atoms in total. The standard InChI is InChI=1S/C11H21N3O2.ClH/c12-7-6-10(15)13-8-11(16)14-9-4-2-1-3-5-9;/h9H,1-8,12H2,(H,13,15)(H,14,16);1H. The molecule has 1 saturated carbocycles. The first kappa shape index (κ1) is 16.2. The first-order valence-electron chi connectivity index (χ1n) is 5.98. The van der Waals surface area contributed by atoms with Crippen LogP contribution in [-0.2, 0) is 9.59 Å². The van der Waals surface area contributed by atoms with Gasteiger partial charge in [-0.05, 0) is 12.8 Å². The minimum absolute atomic E-state index is 0. The van der Waals surface area contributed by atoms with Crippen LogP contribution in [0.5, 0.6) is 0 Å². The molecule has 1 rings (SSSR count). The largest absolute Gasteiger partial charge is 0.352 e. The number of halogens is 1. The third-order valence-corrected chi connectivity index (χ3v) is 2.79. The Bertz CT molecular complexity index is 243. The molecule has 2 amide bonds. The van der Waals surface area contributed by atoms with Gasteiger partial charge in [0.05, 0.1) is 6.54 Å². The van der Waals surface area contributed by atoms with E-state index in [2.05, 4.69) is 10.6 Å². The fourth-order valence-corrected chi connectivity index (χ4v) is 1.92. The van der Waals surface area contributed by atoms with Crippen LogP contribution in [0.25, 0.3) is 0 Å². The van der Waals surface area contributed by atoms with Gasteiger partial charge in [0.2, 0.25) is 11.8 Å². The van der Waals surface area contributed by atoms with E-state index >= 15 is 0 Å². The number of amides is 2. The molecule has 17 heavy (non-hydrogen) atoms. The summed E-state index contributed by atoms with van der Waals surface area (Å²) in [5.74, 6) is -0.265. The van der Waals surface area contributed by atoms with E-state index in [1.807, 2.05) is 0 Å². The summed E-state index contributed by atoms with van der Waals surface area (Å²) in [5, 5.41) is 5.47. The second kappa shape index (κ2) is 9.24. The van der Waals surface area contributed by atoms with Crippen LogP contribution in [0.15, 0.2) is 0 Å². The molecule has 1 aliphatic carbocycles. The second-order valence-corrected chi connectivity index (χ2v) is 4.22. The second-order valence-electron chi connectivity index (χ2n) is 4.22. The maximum absolute atomic E-state index is 11.5. The maximum Gasteiger partial charge on any atom is 0.239 e. The number of nitrogens with two attached hydrogens (primary N) is 1. The number of hydrogen-bond donors (Lipinski definition) is 3. The van der Waals surface area contributed by atoms with Gasteiger partial charge < -0.3 is 16.4 Å². The molecule has 0 aliphatic heterocycles. The van der Waals surface area contributed by atoms with Gasteiger partial charge in [0.1, 0.15) is 0 Å². The Hall–Kier alpha value is -0.810. The van der Waals surface area contributed by atoms with Crippen LogP contribution < -0.4 is 16.4 Å². The van der Waals surface area contributed by atoms with E-state index in [0.29, 0.717) is 12.6 Å². The van der Waals surface area contributed by atoms with Crippen molar-refractivity contribution in [1.29, 1.82) is 0 Å². The topological polar surface area (TPSA) is 84.2 Å². The van der Waals surface area contributed by atoms with Crippen molar-refractivity contribution < 1.29 is 9.59 Å². The summed E-state index contributed by atoms with van der Waals surface area (Å²) in [6.07, 6.45) is 6.02. The highest BCUT2D eigenvalue weighted by molar-refractivity contribution is 5.85. The summed E-state index contributed by atoms with van der Waals surface area (Å²) in [5.41, 5.74) is 5.22. The van der Waals surface area contributed by atoms with Gasteiger partial charge in [-0.2, -0.15) is 0 Å². The van der Waals surface area contributed by atoms with Gasteiger partial charge in [-0.1, -0.05) is 19.3 Å². The van der Waals surface area contributed by atoms with E-state index in [0.717, 1.165) is 12.8 Å². The van der Waals surface area contributed by atoms with Crippen molar-refractivity contribution in [3.8, 4) is 0 Å². The zero-order valence-electron chi connectivity index (χ0n) is 10.0. The lowest BCUT2D eigenvalue weighted by Gasteiger charge is -2.22. The highest BCUT2D eigenvalue weighted by Gasteiger charge is 2.15. The molecule has 0 saturated heterocycles. The third kappa shape index (κ3) is 7.18. The average molecular weight is 264 g/mol. The van der Waals surface area contributed by atoms with Crippen molar-refractivity contribution in [2.45, 2.75) is 44.6 Å². The van der Waals surface area contributed by atoms with Crippen molar-refractivity contribution in [3.63, 3.8) is 0 Å². The molecule has 1 aliphatic rings. The number of hydrogen-bond acceptors (Lipinski definition) is 3. The zero-order chi connectivity index (χ0) is 11.8. The van der Waals surface area contributed by atoms with Crippen molar-refractivity contribution in [2.75, 3.05) is 13.1 Å². The van der Waals surface area contributed by atoms with E-state index in [9.17, 15) is 9.59 Å². The van der Waals surface area contributed by atoms with Crippen molar-refractivity contribution >= 4 is 24.2 Å². The van der Waals surface area contributed by atoms with Gasteiger partial charge in [0.15, 0.2) is 0 Å². The molecule has 0 atom stereocenters. The lowest BCUT2D eigenvalue weighted by molar-refractivity contribution is -0.126. The smallest absolute Gasteiger partial charge is 0.239 e. The van der Waals surface area contributed by atoms with Gasteiger partial charge >= 0.3 is 0 Å². The minimum Gasteiger partial charge on any atom is -0.352 e. The van der Waals surface area contributed by atoms with Crippen molar-refractivity contribution in [3.05, 3.63) is 0 Å². The summed E-state index contributed by atoms with van der Waals surface area (Å²) in [6, 6.07) is 0.299. The maximum atomic E-state index is 11.5. The van der Waals surface area contributed by atoms with Gasteiger partial charge in [-0.15, -0.1) is 12.4 Å². The van der Waals surface area contributed by atoms with E-state index in [1.54, 1.807) is 0 Å². The average Bonchev–Trinajstić information content (AvgIpc) is 2.28. The van der Waals surface area contributed by atoms with Gasteiger partial charge in [0.25, 0.3) is 0 Å². The van der Waals surface area contributed by atoms with Crippen LogP contribution >= 0.6 is 12.4 Å². The van der Waals surface area contributed by atoms with E-state index in [4.69, 9.17) is 5.73 Å². The predicted molar refractivity (Wildman–Crippen MR) is 68.9 cm³/mol. The first-order chi connectivity index (χ1) is 7.72. The van der Waals surface area contributed by atoms with Crippen LogP contribution in [0.4, 0.5) is 0 Å². The molecule has 0 spiro atoms. The molecule has 1 fully saturated rings. The van der Waals surface area contributed by atoms with E-state index in [-0.39, 0.29) is 37.2 Å². The van der Waals surface area contributed by atoms with E-state index < -0.39 is 0 Å². The number of nitrogens with one attached hydrogen (secondary N) is 2. The van der Waals surface area contributed by atoms with Crippen LogP contribution in [0.3, 0.4) is 0 Å². The third-order valence-electron chi connectivity index (χ3n) is 2.79. The lowest BCUT2D eigenvalue weighted by Crippen LogP contribution is -2.42. The molecule has 0 bridgehead atoms. The van der Waals surface area contributed by atoms with E-state index in [1.165, 1.54) is 19.3 Å². The molecule has 0 aromatic heterocycles. The quantitative estimate of drug-likeness (QED) is 0.668. The Morgan fingerprint density at radius 3 is 2.35 bits per heavy atom. The first-order valence-corrected chi connectivity index (χ1v) is 5.98. The molecule has 0 aromatic rings. The summed E-state index contributed by atoms with van der Waals surface area (Å²) in [4.78, 5) is 22.5. The van der Waals surface area contributed by atoms with Gasteiger partial charge in [-0.3, -0.25) is 9.59 Å². The lowest BCUT2D eigenvalue weighted by atomic mass is 9.95. The molecule has 0 aromatic carbocycles. The molecule has 4 N–H and O–H groups in total. The minimum atomic E-state index is -0.165. The molecule has 0 heterocycles. The Balaban J connectivity index is 0.00000256. The highest BCUT2D eigenvalue weighted by Crippen LogP contribution is 2.16.